The summed E-state index contributed by atoms with van der Waals surface area (Å²) in [7, 11) is 0. The number of nitrogens with zero attached hydrogens (tertiary/aromatic N) is 1. The van der Waals surface area contributed by atoms with Gasteiger partial charge in [0, 0.05) is 15.6 Å². The van der Waals surface area contributed by atoms with Gasteiger partial charge in [-0.15, -0.1) is 0 Å². The van der Waals surface area contributed by atoms with E-state index in [0.717, 1.165) is 21.3 Å². The number of hydrogen-bond acceptors (Lipinski definition) is 3. The lowest BCUT2D eigenvalue weighted by Crippen LogP contribution is -2.06. The minimum Gasteiger partial charge on any atom is -0.478 e. The average molecular weight is 356 g/mol. The number of carbonyl (C=O) groups is 1. The Labute approximate surface area is 137 Å². The van der Waals surface area contributed by atoms with Crippen LogP contribution in [-0.2, 0) is 4.74 Å². The molecule has 2 aromatic rings. The SMILES string of the molecule is CCOC1=Nc2ccc(Br)cc2/C1=C\C(=O)c1ccccc1. The van der Waals surface area contributed by atoms with Crippen molar-refractivity contribution in [3.8, 4) is 0 Å². The van der Waals surface area contributed by atoms with E-state index in [-0.39, 0.29) is 5.78 Å². The number of hydrogen-bond donors (Lipinski definition) is 0. The van der Waals surface area contributed by atoms with Crippen molar-refractivity contribution in [1.29, 1.82) is 0 Å². The molecule has 3 rings (SSSR count). The Morgan fingerprint density at radius 3 is 2.73 bits per heavy atom. The minimum atomic E-state index is -0.0594. The van der Waals surface area contributed by atoms with Gasteiger partial charge >= 0.3 is 0 Å². The predicted molar refractivity (Wildman–Crippen MR) is 91.6 cm³/mol. The summed E-state index contributed by atoms with van der Waals surface area (Å²) in [6.07, 6.45) is 1.60. The van der Waals surface area contributed by atoms with Gasteiger partial charge in [0.1, 0.15) is 0 Å². The summed E-state index contributed by atoms with van der Waals surface area (Å²) in [6, 6.07) is 15.0. The van der Waals surface area contributed by atoms with Gasteiger partial charge in [0.2, 0.25) is 5.90 Å². The molecule has 1 aliphatic heterocycles. The molecule has 1 aliphatic rings. The van der Waals surface area contributed by atoms with Crippen LogP contribution in [0.4, 0.5) is 5.69 Å². The van der Waals surface area contributed by atoms with Gasteiger partial charge in [-0.25, -0.2) is 4.99 Å². The first-order chi connectivity index (χ1) is 10.7. The topological polar surface area (TPSA) is 38.7 Å². The third kappa shape index (κ3) is 2.88. The summed E-state index contributed by atoms with van der Waals surface area (Å²) in [5.74, 6) is 0.440. The summed E-state index contributed by atoms with van der Waals surface area (Å²) < 4.78 is 6.53. The zero-order valence-electron chi connectivity index (χ0n) is 12.0. The highest BCUT2D eigenvalue weighted by Gasteiger charge is 2.23. The van der Waals surface area contributed by atoms with Crippen molar-refractivity contribution in [3.05, 3.63) is 70.2 Å². The Morgan fingerprint density at radius 1 is 1.23 bits per heavy atom. The minimum absolute atomic E-state index is 0.0594. The Hall–Kier alpha value is -2.20. The van der Waals surface area contributed by atoms with Crippen molar-refractivity contribution >= 4 is 38.9 Å². The maximum Gasteiger partial charge on any atom is 0.222 e. The largest absolute Gasteiger partial charge is 0.478 e. The molecule has 1 heterocycles. The van der Waals surface area contributed by atoms with E-state index in [0.29, 0.717) is 18.1 Å². The van der Waals surface area contributed by atoms with Crippen molar-refractivity contribution in [2.75, 3.05) is 6.61 Å². The van der Waals surface area contributed by atoms with Crippen molar-refractivity contribution in [3.63, 3.8) is 0 Å². The molecule has 2 aromatic carbocycles. The Bertz CT molecular complexity index is 779. The summed E-state index contributed by atoms with van der Waals surface area (Å²) in [5, 5.41) is 0. The number of benzene rings is 2. The van der Waals surface area contributed by atoms with Crippen LogP contribution < -0.4 is 0 Å². The van der Waals surface area contributed by atoms with Gasteiger partial charge < -0.3 is 4.74 Å². The number of allylic oxidation sites excluding steroid dienone is 1. The smallest absolute Gasteiger partial charge is 0.222 e. The molecular formula is C18H14BrNO2. The molecule has 0 radical (unpaired) electrons. The summed E-state index contributed by atoms with van der Waals surface area (Å²) in [6.45, 7) is 2.41. The van der Waals surface area contributed by atoms with Gasteiger partial charge in [-0.3, -0.25) is 4.79 Å². The molecule has 0 saturated heterocycles. The third-order valence-corrected chi connectivity index (χ3v) is 3.81. The molecule has 4 heteroatoms. The molecule has 22 heavy (non-hydrogen) atoms. The molecule has 0 unspecified atom stereocenters. The van der Waals surface area contributed by atoms with Crippen molar-refractivity contribution in [2.45, 2.75) is 6.92 Å². The number of aliphatic imine (C=N–C) groups is 1. The van der Waals surface area contributed by atoms with Crippen LogP contribution in [0.5, 0.6) is 0 Å². The zero-order chi connectivity index (χ0) is 15.5. The van der Waals surface area contributed by atoms with Gasteiger partial charge in [-0.05, 0) is 31.2 Å². The fourth-order valence-electron chi connectivity index (χ4n) is 2.31. The van der Waals surface area contributed by atoms with Gasteiger partial charge in [0.05, 0.1) is 17.9 Å². The normalized spacial score (nSPS) is 14.6. The molecule has 0 saturated carbocycles. The maximum absolute atomic E-state index is 12.4. The summed E-state index contributed by atoms with van der Waals surface area (Å²) >= 11 is 3.46. The first-order valence-electron chi connectivity index (χ1n) is 7.02. The Kier molecular flexibility index (Phi) is 4.20. The van der Waals surface area contributed by atoms with Crippen LogP contribution in [0, 0.1) is 0 Å². The second kappa shape index (κ2) is 6.28. The molecule has 0 atom stereocenters. The van der Waals surface area contributed by atoms with E-state index in [1.807, 2.05) is 43.3 Å². The maximum atomic E-state index is 12.4. The van der Waals surface area contributed by atoms with E-state index in [2.05, 4.69) is 20.9 Å². The van der Waals surface area contributed by atoms with Crippen molar-refractivity contribution in [2.24, 2.45) is 4.99 Å². The van der Waals surface area contributed by atoms with Gasteiger partial charge in [-0.2, -0.15) is 0 Å². The molecule has 0 bridgehead atoms. The highest BCUT2D eigenvalue weighted by Crippen LogP contribution is 2.37. The quantitative estimate of drug-likeness (QED) is 0.586. The fourth-order valence-corrected chi connectivity index (χ4v) is 2.67. The van der Waals surface area contributed by atoms with Crippen LogP contribution in [0.15, 0.2) is 64.1 Å². The number of rotatable bonds is 3. The van der Waals surface area contributed by atoms with Gasteiger partial charge in [-0.1, -0.05) is 46.3 Å². The molecule has 0 aliphatic carbocycles. The van der Waals surface area contributed by atoms with Crippen molar-refractivity contribution in [1.82, 2.24) is 0 Å². The van der Waals surface area contributed by atoms with Crippen LogP contribution in [-0.4, -0.2) is 18.3 Å². The zero-order valence-corrected chi connectivity index (χ0v) is 13.6. The molecule has 0 aromatic heterocycles. The van der Waals surface area contributed by atoms with Crippen LogP contribution in [0.1, 0.15) is 22.8 Å². The summed E-state index contributed by atoms with van der Waals surface area (Å²) in [4.78, 5) is 16.9. The third-order valence-electron chi connectivity index (χ3n) is 3.32. The molecular weight excluding hydrogens is 342 g/mol. The van der Waals surface area contributed by atoms with Crippen LogP contribution in [0.3, 0.4) is 0 Å². The molecule has 0 amide bonds. The lowest BCUT2D eigenvalue weighted by Gasteiger charge is -2.06. The van der Waals surface area contributed by atoms with Crippen LogP contribution in [0.25, 0.3) is 5.57 Å². The number of fused-ring (bicyclic) bond motifs is 1. The van der Waals surface area contributed by atoms with E-state index < -0.39 is 0 Å². The van der Waals surface area contributed by atoms with Gasteiger partial charge in [0.15, 0.2) is 5.78 Å². The predicted octanol–water partition coefficient (Wildman–Crippen LogP) is 4.80. The van der Waals surface area contributed by atoms with E-state index in [1.54, 1.807) is 18.2 Å². The average Bonchev–Trinajstić information content (AvgIpc) is 2.86. The molecule has 3 nitrogen and oxygen atoms in total. The number of carbonyl (C=O) groups excluding carboxylic acids is 1. The summed E-state index contributed by atoms with van der Waals surface area (Å²) in [5.41, 5.74) is 3.10. The highest BCUT2D eigenvalue weighted by atomic mass is 79.9. The monoisotopic (exact) mass is 355 g/mol. The molecule has 110 valence electrons. The molecule has 0 N–H and O–H groups in total. The Morgan fingerprint density at radius 2 is 2.00 bits per heavy atom. The van der Waals surface area contributed by atoms with Crippen LogP contribution >= 0.6 is 15.9 Å². The standard InChI is InChI=1S/C18H14BrNO2/c1-2-22-18-15(11-17(21)12-6-4-3-5-7-12)14-10-13(19)8-9-16(14)20-18/h3-11H,2H2,1H3/b15-11+. The fraction of sp³-hybridized carbons (Fsp3) is 0.111. The molecule has 0 fully saturated rings. The number of ether oxygens (including phenoxy) is 1. The van der Waals surface area contributed by atoms with Crippen molar-refractivity contribution < 1.29 is 9.53 Å². The lowest BCUT2D eigenvalue weighted by molar-refractivity contribution is 0.104. The Balaban J connectivity index is 2.04. The second-order valence-corrected chi connectivity index (χ2v) is 5.72. The first-order valence-corrected chi connectivity index (χ1v) is 7.81. The lowest BCUT2D eigenvalue weighted by atomic mass is 10.0. The van der Waals surface area contributed by atoms with E-state index in [1.165, 1.54) is 0 Å². The first kappa shape index (κ1) is 14.7. The highest BCUT2D eigenvalue weighted by molar-refractivity contribution is 9.10. The van der Waals surface area contributed by atoms with Crippen LogP contribution in [0.2, 0.25) is 0 Å². The van der Waals surface area contributed by atoms with E-state index in [9.17, 15) is 4.79 Å². The molecule has 0 spiro atoms. The number of ketones is 1. The van der Waals surface area contributed by atoms with Gasteiger partial charge in [0.25, 0.3) is 0 Å². The second-order valence-electron chi connectivity index (χ2n) is 4.80. The number of halogens is 1. The van der Waals surface area contributed by atoms with E-state index in [4.69, 9.17) is 4.74 Å². The van der Waals surface area contributed by atoms with E-state index >= 15 is 0 Å².